The van der Waals surface area contributed by atoms with E-state index in [4.69, 9.17) is 9.84 Å². The number of benzene rings is 6. The maximum absolute atomic E-state index is 12.4. The smallest absolute Gasteiger partial charge is 0.337 e. The van der Waals surface area contributed by atoms with Crippen LogP contribution in [-0.4, -0.2) is 54.8 Å². The lowest BCUT2D eigenvalue weighted by molar-refractivity contribution is 0.0591. The number of aryl methyl sites for hydroxylation is 2. The number of ketones is 2. The number of hydrogen-bond acceptors (Lipinski definition) is 8. The number of phenolic OH excluding ortho intramolecular Hbond substituents is 1. The zero-order valence-corrected chi connectivity index (χ0v) is 30.2. The van der Waals surface area contributed by atoms with Gasteiger partial charge in [0.15, 0.2) is 18.2 Å². The second-order valence-electron chi connectivity index (χ2n) is 11.5. The topological polar surface area (TPSA) is 116 Å². The van der Waals surface area contributed by atoms with Gasteiger partial charge in [-0.2, -0.15) is 0 Å². The Hall–Kier alpha value is -5.80. The van der Waals surface area contributed by atoms with Crippen LogP contribution in [0, 0.1) is 13.8 Å². The molecule has 6 aromatic rings. The van der Waals surface area contributed by atoms with E-state index in [1.165, 1.54) is 55.0 Å². The minimum Gasteiger partial charge on any atom is -0.508 e. The molecule has 0 amide bonds. The molecule has 0 spiro atoms. The van der Waals surface area contributed by atoms with Gasteiger partial charge in [0, 0.05) is 11.1 Å². The van der Waals surface area contributed by atoms with Crippen LogP contribution in [0.5, 0.6) is 11.5 Å². The standard InChI is InChI=1S/C21H18O4.C13H11BrO.C8H8O3/c1-14-3-4-17-12-18(6-5-16(17)11-14)20(22)13-25-19-9-7-15(8-10-19)21(23)24-2;1-9-2-3-11-7-12(13(15)8-14)5-4-10(11)6-9;1-11-8(10)6-2-4-7(9)5-3-6/h3-12H,13H2,1-2H3;2-7H,8H2,1H3;2-5,9H,1H3. The van der Waals surface area contributed by atoms with Crippen molar-refractivity contribution in [2.24, 2.45) is 0 Å². The second-order valence-corrected chi connectivity index (χ2v) is 12.0. The minimum atomic E-state index is -0.408. The first-order valence-corrected chi connectivity index (χ1v) is 16.9. The maximum atomic E-state index is 12.4. The Bertz CT molecular complexity index is 2160. The third-order valence-electron chi connectivity index (χ3n) is 7.69. The number of ether oxygens (including phenoxy) is 3. The van der Waals surface area contributed by atoms with Crippen LogP contribution in [0.1, 0.15) is 52.6 Å². The summed E-state index contributed by atoms with van der Waals surface area (Å²) in [5.41, 5.74) is 4.68. The number of phenols is 1. The molecule has 0 atom stereocenters. The number of fused-ring (bicyclic) bond motifs is 2. The molecule has 0 aliphatic rings. The minimum absolute atomic E-state index is 0.0606. The SMILES string of the molecule is COC(=O)c1ccc(O)cc1.COC(=O)c1ccc(OCC(=O)c2ccc3cc(C)ccc3c2)cc1.Cc1ccc2cc(C(=O)CBr)ccc2c1. The fraction of sp³-hybridized carbons (Fsp3) is 0.143. The molecule has 0 aliphatic heterocycles. The lowest BCUT2D eigenvalue weighted by atomic mass is 10.0. The molecule has 0 heterocycles. The average Bonchev–Trinajstić information content (AvgIpc) is 3.16. The van der Waals surface area contributed by atoms with E-state index in [0.717, 1.165) is 21.7 Å². The highest BCUT2D eigenvalue weighted by Gasteiger charge is 2.10. The van der Waals surface area contributed by atoms with Crippen molar-refractivity contribution < 1.29 is 38.5 Å². The Kier molecular flexibility index (Phi) is 13.6. The van der Waals surface area contributed by atoms with Gasteiger partial charge in [0.25, 0.3) is 0 Å². The number of carbonyl (C=O) groups is 4. The Labute approximate surface area is 304 Å². The van der Waals surface area contributed by atoms with Crippen LogP contribution in [0.25, 0.3) is 21.5 Å². The van der Waals surface area contributed by atoms with Gasteiger partial charge in [-0.05, 0) is 96.1 Å². The molecule has 51 heavy (non-hydrogen) atoms. The largest absolute Gasteiger partial charge is 0.508 e. The number of esters is 2. The fourth-order valence-electron chi connectivity index (χ4n) is 4.91. The van der Waals surface area contributed by atoms with Gasteiger partial charge in [0.2, 0.25) is 0 Å². The van der Waals surface area contributed by atoms with Gasteiger partial charge in [-0.25, -0.2) is 9.59 Å². The first-order valence-electron chi connectivity index (χ1n) is 15.8. The van der Waals surface area contributed by atoms with E-state index >= 15 is 0 Å². The fourth-order valence-corrected chi connectivity index (χ4v) is 5.23. The highest BCUT2D eigenvalue weighted by Crippen LogP contribution is 2.20. The Morgan fingerprint density at radius 2 is 0.922 bits per heavy atom. The van der Waals surface area contributed by atoms with Gasteiger partial charge in [-0.3, -0.25) is 9.59 Å². The normalized spacial score (nSPS) is 10.2. The molecule has 0 unspecified atom stereocenters. The van der Waals surface area contributed by atoms with Crippen molar-refractivity contribution in [3.8, 4) is 11.5 Å². The number of halogens is 1. The van der Waals surface area contributed by atoms with Crippen molar-refractivity contribution in [1.29, 1.82) is 0 Å². The molecule has 6 aromatic carbocycles. The summed E-state index contributed by atoms with van der Waals surface area (Å²) in [6.45, 7) is 4.05. The van der Waals surface area contributed by atoms with Gasteiger partial charge in [0.1, 0.15) is 11.5 Å². The molecule has 0 saturated heterocycles. The number of alkyl halides is 1. The maximum Gasteiger partial charge on any atom is 0.337 e. The van der Waals surface area contributed by atoms with Crippen LogP contribution in [0.2, 0.25) is 0 Å². The van der Waals surface area contributed by atoms with Crippen molar-refractivity contribution in [1.82, 2.24) is 0 Å². The van der Waals surface area contributed by atoms with E-state index in [2.05, 4.69) is 56.6 Å². The first kappa shape index (κ1) is 38.0. The summed E-state index contributed by atoms with van der Waals surface area (Å²) in [7, 11) is 2.64. The number of carbonyl (C=O) groups excluding carboxylic acids is 4. The zero-order chi connectivity index (χ0) is 36.9. The third-order valence-corrected chi connectivity index (χ3v) is 8.20. The summed E-state index contributed by atoms with van der Waals surface area (Å²) in [4.78, 5) is 46.0. The number of methoxy groups -OCH3 is 2. The number of Topliss-reactive ketones (excluding diaryl/α,β-unsaturated/α-hetero) is 2. The second kappa shape index (κ2) is 18.3. The first-order chi connectivity index (χ1) is 24.5. The summed E-state index contributed by atoms with van der Waals surface area (Å²) in [5, 5.41) is 13.7. The van der Waals surface area contributed by atoms with E-state index in [-0.39, 0.29) is 23.9 Å². The Balaban J connectivity index is 0.000000190. The average molecular weight is 750 g/mol. The Morgan fingerprint density at radius 1 is 0.529 bits per heavy atom. The number of hydrogen-bond donors (Lipinski definition) is 1. The van der Waals surface area contributed by atoms with E-state index in [0.29, 0.717) is 27.8 Å². The third kappa shape index (κ3) is 10.8. The summed E-state index contributed by atoms with van der Waals surface area (Å²) < 4.78 is 14.6. The molecule has 0 radical (unpaired) electrons. The quantitative estimate of drug-likeness (QED) is 0.0931. The molecule has 9 heteroatoms. The predicted octanol–water partition coefficient (Wildman–Crippen LogP) is 9.10. The van der Waals surface area contributed by atoms with Crippen molar-refractivity contribution in [3.63, 3.8) is 0 Å². The molecular weight excluding hydrogens is 712 g/mol. The van der Waals surface area contributed by atoms with Crippen LogP contribution in [0.15, 0.2) is 121 Å². The summed E-state index contributed by atoms with van der Waals surface area (Å²) in [5.74, 6) is -0.119. The van der Waals surface area contributed by atoms with Crippen LogP contribution < -0.4 is 4.74 Å². The van der Waals surface area contributed by atoms with Crippen molar-refractivity contribution in [2.75, 3.05) is 26.2 Å². The van der Waals surface area contributed by atoms with Crippen LogP contribution >= 0.6 is 15.9 Å². The molecule has 0 saturated carbocycles. The monoisotopic (exact) mass is 748 g/mol. The molecule has 1 N–H and O–H groups in total. The van der Waals surface area contributed by atoms with Crippen molar-refractivity contribution in [2.45, 2.75) is 13.8 Å². The van der Waals surface area contributed by atoms with Crippen LogP contribution in [0.4, 0.5) is 0 Å². The molecule has 260 valence electrons. The summed E-state index contributed by atoms with van der Waals surface area (Å²) in [6, 6.07) is 36.2. The van der Waals surface area contributed by atoms with E-state index in [9.17, 15) is 19.2 Å². The molecule has 0 bridgehead atoms. The van der Waals surface area contributed by atoms with Gasteiger partial charge < -0.3 is 19.3 Å². The van der Waals surface area contributed by atoms with Gasteiger partial charge in [-0.1, -0.05) is 87.7 Å². The van der Waals surface area contributed by atoms with E-state index < -0.39 is 11.9 Å². The van der Waals surface area contributed by atoms with E-state index in [1.54, 1.807) is 24.3 Å². The highest BCUT2D eigenvalue weighted by molar-refractivity contribution is 9.09. The highest BCUT2D eigenvalue weighted by atomic mass is 79.9. The molecule has 0 fully saturated rings. The van der Waals surface area contributed by atoms with Crippen LogP contribution in [-0.2, 0) is 9.47 Å². The van der Waals surface area contributed by atoms with Gasteiger partial charge in [0.05, 0.1) is 30.7 Å². The lowest BCUT2D eigenvalue weighted by Crippen LogP contribution is -2.11. The van der Waals surface area contributed by atoms with Crippen molar-refractivity contribution >= 4 is 61.0 Å². The molecule has 8 nitrogen and oxygen atoms in total. The lowest BCUT2D eigenvalue weighted by Gasteiger charge is -2.07. The summed E-state index contributed by atoms with van der Waals surface area (Å²) >= 11 is 3.18. The van der Waals surface area contributed by atoms with E-state index in [1.807, 2.05) is 55.5 Å². The summed E-state index contributed by atoms with van der Waals surface area (Å²) in [6.07, 6.45) is 0. The van der Waals surface area contributed by atoms with Gasteiger partial charge >= 0.3 is 11.9 Å². The molecular formula is C42H37BrO8. The molecule has 0 aliphatic carbocycles. The van der Waals surface area contributed by atoms with Gasteiger partial charge in [-0.15, -0.1) is 0 Å². The van der Waals surface area contributed by atoms with Crippen LogP contribution in [0.3, 0.4) is 0 Å². The Morgan fingerprint density at radius 3 is 1.37 bits per heavy atom. The van der Waals surface area contributed by atoms with Crippen molar-refractivity contribution in [3.05, 3.63) is 155 Å². The predicted molar refractivity (Wildman–Crippen MR) is 203 cm³/mol. The molecule has 0 aromatic heterocycles. The number of aromatic hydroxyl groups is 1. The number of rotatable bonds is 8. The molecule has 6 rings (SSSR count). The zero-order valence-electron chi connectivity index (χ0n) is 28.6.